The molecule has 2 aliphatic rings. The predicted molar refractivity (Wildman–Crippen MR) is 128 cm³/mol. The van der Waals surface area contributed by atoms with Crippen LogP contribution in [0.2, 0.25) is 0 Å². The van der Waals surface area contributed by atoms with Gasteiger partial charge in [-0.3, -0.25) is 13.8 Å². The summed E-state index contributed by atoms with van der Waals surface area (Å²) in [6, 6.07) is 3.35. The number of likely N-dealkylation sites (tertiary alicyclic amines) is 1. The average molecular weight is 505 g/mol. The van der Waals surface area contributed by atoms with Gasteiger partial charge < -0.3 is 20.7 Å². The molecule has 1 aromatic carbocycles. The van der Waals surface area contributed by atoms with Crippen molar-refractivity contribution in [3.8, 4) is 0 Å². The second kappa shape index (κ2) is 10.6. The Labute approximate surface area is 207 Å². The Morgan fingerprint density at radius 3 is 2.26 bits per heavy atom. The molecule has 1 aromatic rings. The van der Waals surface area contributed by atoms with Gasteiger partial charge in [-0.1, -0.05) is 38.4 Å². The van der Waals surface area contributed by atoms with Crippen molar-refractivity contribution in [3.63, 3.8) is 0 Å². The maximum atomic E-state index is 13.5. The van der Waals surface area contributed by atoms with Crippen LogP contribution in [0.1, 0.15) is 52.9 Å². The lowest BCUT2D eigenvalue weighted by molar-refractivity contribution is -0.141. The average Bonchev–Trinajstić information content (AvgIpc) is 3.40. The number of carbonyl (C=O) groups is 3. The molecule has 1 unspecified atom stereocenters. The van der Waals surface area contributed by atoms with Gasteiger partial charge in [0.25, 0.3) is 10.1 Å². The molecular formula is C23H32BN3O7S. The smallest absolute Gasteiger partial charge is 0.408 e. The van der Waals surface area contributed by atoms with Crippen LogP contribution in [0.4, 0.5) is 4.79 Å². The van der Waals surface area contributed by atoms with E-state index in [1.165, 1.54) is 29.2 Å². The van der Waals surface area contributed by atoms with Crippen molar-refractivity contribution in [2.24, 2.45) is 11.1 Å². The quantitative estimate of drug-likeness (QED) is 0.410. The van der Waals surface area contributed by atoms with Gasteiger partial charge in [0.1, 0.15) is 26.0 Å². The molecule has 0 aromatic heterocycles. The number of carbonyl (C=O) groups excluding carboxylic acids is 3. The number of amides is 3. The van der Waals surface area contributed by atoms with E-state index in [0.717, 1.165) is 25.7 Å². The molecule has 10 nitrogen and oxygen atoms in total. The van der Waals surface area contributed by atoms with Gasteiger partial charge in [0.15, 0.2) is 0 Å². The summed E-state index contributed by atoms with van der Waals surface area (Å²) in [5, 5.41) is 2.64. The number of nitrogens with two attached hydrogens (primary N) is 1. The van der Waals surface area contributed by atoms with E-state index in [0.29, 0.717) is 5.46 Å². The Balaban J connectivity index is 1.75. The van der Waals surface area contributed by atoms with E-state index < -0.39 is 51.6 Å². The van der Waals surface area contributed by atoms with E-state index in [4.69, 9.17) is 22.5 Å². The van der Waals surface area contributed by atoms with E-state index in [2.05, 4.69) is 5.32 Å². The first-order chi connectivity index (χ1) is 16.3. The van der Waals surface area contributed by atoms with Crippen molar-refractivity contribution in [1.82, 2.24) is 10.2 Å². The summed E-state index contributed by atoms with van der Waals surface area (Å²) < 4.78 is 36.2. The number of alkyl carbamates (subject to hydrolysis) is 1. The van der Waals surface area contributed by atoms with Crippen LogP contribution in [0.15, 0.2) is 29.2 Å². The van der Waals surface area contributed by atoms with Gasteiger partial charge >= 0.3 is 6.09 Å². The minimum Gasteiger partial charge on any atom is -0.446 e. The molecule has 3 amide bonds. The summed E-state index contributed by atoms with van der Waals surface area (Å²) >= 11 is 0. The Morgan fingerprint density at radius 2 is 1.71 bits per heavy atom. The number of nitrogens with one attached hydrogen (secondary N) is 1. The van der Waals surface area contributed by atoms with Crippen molar-refractivity contribution in [1.29, 1.82) is 0 Å². The molecule has 190 valence electrons. The summed E-state index contributed by atoms with van der Waals surface area (Å²) in [7, 11) is 1.43. The molecule has 3 rings (SSSR count). The maximum Gasteiger partial charge on any atom is 0.408 e. The number of ether oxygens (including phenoxy) is 1. The molecule has 1 aliphatic carbocycles. The van der Waals surface area contributed by atoms with Crippen LogP contribution in [0.5, 0.6) is 0 Å². The van der Waals surface area contributed by atoms with Crippen LogP contribution in [0.3, 0.4) is 0 Å². The number of rotatable bonds is 7. The first-order valence-electron chi connectivity index (χ1n) is 11.6. The Morgan fingerprint density at radius 1 is 1.11 bits per heavy atom. The van der Waals surface area contributed by atoms with E-state index in [9.17, 15) is 22.8 Å². The van der Waals surface area contributed by atoms with Crippen molar-refractivity contribution >= 4 is 41.3 Å². The number of hydrogen-bond donors (Lipinski definition) is 2. The highest BCUT2D eigenvalue weighted by Crippen LogP contribution is 2.29. The molecule has 1 saturated heterocycles. The van der Waals surface area contributed by atoms with Crippen LogP contribution in [0, 0.1) is 5.41 Å². The highest BCUT2D eigenvalue weighted by Gasteiger charge is 2.46. The van der Waals surface area contributed by atoms with E-state index in [1.54, 1.807) is 20.8 Å². The molecule has 1 aliphatic heterocycles. The fraction of sp³-hybridized carbons (Fsp3) is 0.609. The third-order valence-electron chi connectivity index (χ3n) is 6.26. The molecule has 1 saturated carbocycles. The molecule has 3 N–H and O–H groups in total. The minimum absolute atomic E-state index is 0.0986. The predicted octanol–water partition coefficient (Wildman–Crippen LogP) is 0.724. The van der Waals surface area contributed by atoms with Crippen LogP contribution in [-0.4, -0.2) is 69.9 Å². The standard InChI is InChI=1S/C23H32BN3O7S/c1-23(2,3)19(26-22(30)33-15-6-4-5-7-15)21(29)27-13-16(12-18(27)20(25)28)34-35(31,32)17-10-8-14(24)9-11-17/h8-11,15-16,18-19H,4-7,12-13H2,1-3H3,(H2,25,28)(H,26,30)/t16-,18?,19+/m0/s1. The van der Waals surface area contributed by atoms with Crippen molar-refractivity contribution in [2.45, 2.75) is 82.1 Å². The molecule has 2 radical (unpaired) electrons. The van der Waals surface area contributed by atoms with Gasteiger partial charge in [-0.05, 0) is 43.2 Å². The van der Waals surface area contributed by atoms with Crippen LogP contribution in [-0.2, 0) is 28.6 Å². The lowest BCUT2D eigenvalue weighted by Crippen LogP contribution is -2.57. The molecular weight excluding hydrogens is 473 g/mol. The van der Waals surface area contributed by atoms with Crippen LogP contribution >= 0.6 is 0 Å². The van der Waals surface area contributed by atoms with Gasteiger partial charge in [-0.25, -0.2) is 4.79 Å². The first-order valence-corrected chi connectivity index (χ1v) is 13.0. The zero-order valence-corrected chi connectivity index (χ0v) is 21.0. The third-order valence-corrected chi connectivity index (χ3v) is 7.63. The fourth-order valence-corrected chi connectivity index (χ4v) is 5.45. The largest absolute Gasteiger partial charge is 0.446 e. The molecule has 12 heteroatoms. The molecule has 3 atom stereocenters. The number of hydrogen-bond acceptors (Lipinski definition) is 7. The van der Waals surface area contributed by atoms with E-state index >= 15 is 0 Å². The lowest BCUT2D eigenvalue weighted by atomic mass is 9.85. The van der Waals surface area contributed by atoms with Crippen molar-refractivity contribution in [3.05, 3.63) is 24.3 Å². The summed E-state index contributed by atoms with van der Waals surface area (Å²) in [6.07, 6.45) is 1.52. The molecule has 0 spiro atoms. The van der Waals surface area contributed by atoms with Crippen LogP contribution < -0.4 is 16.5 Å². The minimum atomic E-state index is -4.18. The Kier molecular flexibility index (Phi) is 8.16. The number of benzene rings is 1. The SMILES string of the molecule is [B]c1ccc(S(=O)(=O)O[C@H]2CC(C(N)=O)N(C(=O)[C@@H](NC(=O)OC3CCCC3)C(C)(C)C)C2)cc1. The monoisotopic (exact) mass is 505 g/mol. The van der Waals surface area contributed by atoms with Crippen molar-refractivity contribution in [2.75, 3.05) is 6.54 Å². The zero-order valence-electron chi connectivity index (χ0n) is 20.2. The number of primary amides is 1. The van der Waals surface area contributed by atoms with E-state index in [-0.39, 0.29) is 24.0 Å². The van der Waals surface area contributed by atoms with Gasteiger partial charge in [0.05, 0.1) is 11.0 Å². The molecule has 35 heavy (non-hydrogen) atoms. The molecule has 1 heterocycles. The second-order valence-corrected chi connectivity index (χ2v) is 11.7. The summed E-state index contributed by atoms with van der Waals surface area (Å²) in [5.41, 5.74) is 5.19. The van der Waals surface area contributed by atoms with Gasteiger partial charge in [-0.15, -0.1) is 0 Å². The Bertz CT molecular complexity index is 1050. The third kappa shape index (κ3) is 6.75. The van der Waals surface area contributed by atoms with Crippen molar-refractivity contribution < 1.29 is 31.7 Å². The maximum absolute atomic E-state index is 13.5. The molecule has 0 bridgehead atoms. The summed E-state index contributed by atoms with van der Waals surface area (Å²) in [5.74, 6) is -1.36. The summed E-state index contributed by atoms with van der Waals surface area (Å²) in [4.78, 5) is 39.3. The second-order valence-electron chi connectivity index (χ2n) is 10.1. The Hall–Kier alpha value is -2.60. The summed E-state index contributed by atoms with van der Waals surface area (Å²) in [6.45, 7) is 5.10. The van der Waals surface area contributed by atoms with E-state index in [1.807, 2.05) is 0 Å². The first kappa shape index (κ1) is 27.0. The topological polar surface area (TPSA) is 145 Å². The fourth-order valence-electron chi connectivity index (χ4n) is 4.37. The van der Waals surface area contributed by atoms with Gasteiger partial charge in [-0.2, -0.15) is 8.42 Å². The highest BCUT2D eigenvalue weighted by atomic mass is 32.2. The number of nitrogens with zero attached hydrogens (tertiary/aromatic N) is 1. The molecule has 2 fully saturated rings. The van der Waals surface area contributed by atoms with Gasteiger partial charge in [0, 0.05) is 13.0 Å². The lowest BCUT2D eigenvalue weighted by Gasteiger charge is -2.35. The van der Waals surface area contributed by atoms with Crippen LogP contribution in [0.25, 0.3) is 0 Å². The zero-order chi connectivity index (χ0) is 26.0. The normalized spacial score (nSPS) is 22.1. The highest BCUT2D eigenvalue weighted by molar-refractivity contribution is 7.86. The van der Waals surface area contributed by atoms with Gasteiger partial charge in [0.2, 0.25) is 11.8 Å².